The smallest absolute Gasteiger partial charge is 0.371 e. The molecule has 0 saturated heterocycles. The van der Waals surface area contributed by atoms with Crippen LogP contribution in [0.25, 0.3) is 0 Å². The van der Waals surface area contributed by atoms with E-state index in [9.17, 15) is 9.59 Å². The quantitative estimate of drug-likeness (QED) is 0.288. The number of aldehydes is 1. The third-order valence-corrected chi connectivity index (χ3v) is 1.10. The number of carbonyl (C=O) groups excluding carboxylic acids is 2. The molecule has 0 fully saturated rings. The summed E-state index contributed by atoms with van der Waals surface area (Å²) in [6.07, 6.45) is 0.0741. The van der Waals surface area contributed by atoms with Crippen LogP contribution in [-0.4, -0.2) is 38.9 Å². The molecule has 0 aliphatic heterocycles. The molecule has 0 N–H and O–H groups in total. The molecule has 0 bridgehead atoms. The van der Waals surface area contributed by atoms with Gasteiger partial charge in [-0.15, -0.1) is 0 Å². The van der Waals surface area contributed by atoms with E-state index in [4.69, 9.17) is 9.47 Å². The van der Waals surface area contributed by atoms with E-state index in [0.717, 1.165) is 20.3 Å². The maximum atomic E-state index is 9.59. The van der Waals surface area contributed by atoms with Crippen LogP contribution < -0.4 is 0 Å². The molecule has 0 saturated carbocycles. The molecule has 0 aliphatic carbocycles. The Morgan fingerprint density at radius 2 is 1.71 bits per heavy atom. The van der Waals surface area contributed by atoms with E-state index in [1.807, 2.05) is 20.8 Å². The minimum atomic E-state index is -0.838. The van der Waals surface area contributed by atoms with Gasteiger partial charge in [0.1, 0.15) is 0 Å². The number of ether oxygens (including phenoxy) is 3. The molecule has 5 nitrogen and oxygen atoms in total. The minimum Gasteiger partial charge on any atom is -0.463 e. The van der Waals surface area contributed by atoms with Crippen molar-refractivity contribution >= 4 is 12.3 Å². The molecular weight excluding hydrogens is 188 g/mol. The molecule has 0 aromatic heterocycles. The highest BCUT2D eigenvalue weighted by atomic mass is 16.7. The van der Waals surface area contributed by atoms with Gasteiger partial charge in [-0.1, -0.05) is 0 Å². The highest BCUT2D eigenvalue weighted by Crippen LogP contribution is 1.90. The lowest BCUT2D eigenvalue weighted by Crippen LogP contribution is -2.11. The Balaban J connectivity index is 0. The summed E-state index contributed by atoms with van der Waals surface area (Å²) >= 11 is 0. The molecule has 5 heteroatoms. The fourth-order valence-corrected chi connectivity index (χ4v) is 0.566. The van der Waals surface area contributed by atoms with Crippen molar-refractivity contribution in [2.45, 2.75) is 27.1 Å². The zero-order valence-electron chi connectivity index (χ0n) is 9.11. The van der Waals surface area contributed by atoms with Crippen LogP contribution in [0.15, 0.2) is 0 Å². The predicted octanol–water partition coefficient (Wildman–Crippen LogP) is 0.764. The number of rotatable bonds is 5. The van der Waals surface area contributed by atoms with Crippen LogP contribution in [0.3, 0.4) is 0 Å². The third-order valence-electron chi connectivity index (χ3n) is 1.10. The van der Waals surface area contributed by atoms with Crippen molar-refractivity contribution in [3.05, 3.63) is 0 Å². The van der Waals surface area contributed by atoms with Crippen LogP contribution in [0, 0.1) is 0 Å². The first kappa shape index (κ1) is 15.5. The Labute approximate surface area is 84.3 Å². The van der Waals surface area contributed by atoms with Crippen molar-refractivity contribution < 1.29 is 23.8 Å². The number of esters is 1. The molecule has 0 aromatic rings. The van der Waals surface area contributed by atoms with Crippen LogP contribution in [0.4, 0.5) is 0 Å². The van der Waals surface area contributed by atoms with Gasteiger partial charge in [0.15, 0.2) is 6.29 Å². The number of hydrogen-bond donors (Lipinski definition) is 0. The Kier molecular flexibility index (Phi) is 13.4. The fourth-order valence-electron chi connectivity index (χ4n) is 0.566. The molecule has 84 valence electrons. The summed E-state index contributed by atoms with van der Waals surface area (Å²) < 4.78 is 14.0. The van der Waals surface area contributed by atoms with Gasteiger partial charge in [-0.05, 0) is 20.8 Å². The molecule has 0 radical (unpaired) electrons. The first-order valence-corrected chi connectivity index (χ1v) is 4.38. The van der Waals surface area contributed by atoms with E-state index in [0.29, 0.717) is 0 Å². The second-order valence-electron chi connectivity index (χ2n) is 2.12. The van der Waals surface area contributed by atoms with Crippen molar-refractivity contribution in [2.75, 3.05) is 20.3 Å². The Bertz CT molecular complexity index is 140. The van der Waals surface area contributed by atoms with Gasteiger partial charge in [0.2, 0.25) is 6.29 Å². The third kappa shape index (κ3) is 13.6. The van der Waals surface area contributed by atoms with Crippen molar-refractivity contribution in [3.63, 3.8) is 0 Å². The highest BCUT2D eigenvalue weighted by Gasteiger charge is 1.94. The second-order valence-corrected chi connectivity index (χ2v) is 2.12. The van der Waals surface area contributed by atoms with Gasteiger partial charge in [0.25, 0.3) is 0 Å². The molecule has 0 atom stereocenters. The van der Waals surface area contributed by atoms with Crippen molar-refractivity contribution in [1.29, 1.82) is 0 Å². The summed E-state index contributed by atoms with van der Waals surface area (Å²) in [6, 6.07) is 0. The number of methoxy groups -OCH3 is 1. The standard InChI is InChI=1S/C6H14O2.C3H4O3/c1-4-7-6(3)8-5-2;1-6-3(5)2-4/h6H,4-5H2,1-3H3;2H,1H3. The lowest BCUT2D eigenvalue weighted by Gasteiger charge is -2.09. The first-order chi connectivity index (χ1) is 6.62. The normalized spacial score (nSPS) is 8.93. The predicted molar refractivity (Wildman–Crippen MR) is 50.8 cm³/mol. The van der Waals surface area contributed by atoms with Gasteiger partial charge in [0.05, 0.1) is 7.11 Å². The van der Waals surface area contributed by atoms with E-state index in [1.165, 1.54) is 0 Å². The van der Waals surface area contributed by atoms with Crippen LogP contribution in [-0.2, 0) is 23.8 Å². The van der Waals surface area contributed by atoms with E-state index >= 15 is 0 Å². The van der Waals surface area contributed by atoms with E-state index in [2.05, 4.69) is 4.74 Å². The zero-order valence-corrected chi connectivity index (χ0v) is 9.11. The van der Waals surface area contributed by atoms with E-state index in [-0.39, 0.29) is 12.6 Å². The first-order valence-electron chi connectivity index (χ1n) is 4.38. The molecule has 0 spiro atoms. The largest absolute Gasteiger partial charge is 0.463 e. The molecule has 14 heavy (non-hydrogen) atoms. The van der Waals surface area contributed by atoms with Crippen LogP contribution in [0.5, 0.6) is 0 Å². The molecule has 0 unspecified atom stereocenters. The summed E-state index contributed by atoms with van der Waals surface area (Å²) in [5, 5.41) is 0. The summed E-state index contributed by atoms with van der Waals surface area (Å²) in [6.45, 7) is 7.25. The van der Waals surface area contributed by atoms with Gasteiger partial charge in [-0.25, -0.2) is 4.79 Å². The Hall–Kier alpha value is -0.940. The summed E-state index contributed by atoms with van der Waals surface area (Å²) in [4.78, 5) is 18.9. The van der Waals surface area contributed by atoms with Gasteiger partial charge in [-0.2, -0.15) is 0 Å². The molecule has 0 aromatic carbocycles. The minimum absolute atomic E-state index is 0.0370. The zero-order chi connectivity index (χ0) is 11.4. The lowest BCUT2D eigenvalue weighted by atomic mass is 10.7. The highest BCUT2D eigenvalue weighted by molar-refractivity contribution is 6.20. The van der Waals surface area contributed by atoms with Crippen molar-refractivity contribution in [3.8, 4) is 0 Å². The van der Waals surface area contributed by atoms with Crippen LogP contribution in [0.2, 0.25) is 0 Å². The van der Waals surface area contributed by atoms with Gasteiger partial charge in [0, 0.05) is 13.2 Å². The SMILES string of the molecule is CCOC(C)OCC.COC(=O)C=O. The van der Waals surface area contributed by atoms with E-state index in [1.54, 1.807) is 0 Å². The molecule has 0 aliphatic rings. The number of hydrogen-bond acceptors (Lipinski definition) is 5. The summed E-state index contributed by atoms with van der Waals surface area (Å²) in [7, 11) is 1.15. The molecule has 0 heterocycles. The number of carbonyl (C=O) groups is 2. The molecule has 0 rings (SSSR count). The van der Waals surface area contributed by atoms with Crippen LogP contribution in [0.1, 0.15) is 20.8 Å². The average molecular weight is 206 g/mol. The summed E-state index contributed by atoms with van der Waals surface area (Å²) in [5.74, 6) is -0.838. The van der Waals surface area contributed by atoms with Crippen LogP contribution >= 0.6 is 0 Å². The van der Waals surface area contributed by atoms with Gasteiger partial charge < -0.3 is 14.2 Å². The molecule has 0 amide bonds. The van der Waals surface area contributed by atoms with Gasteiger partial charge in [-0.3, -0.25) is 4.79 Å². The van der Waals surface area contributed by atoms with E-state index < -0.39 is 5.97 Å². The lowest BCUT2D eigenvalue weighted by molar-refractivity contribution is -0.146. The second kappa shape index (κ2) is 12.1. The monoisotopic (exact) mass is 206 g/mol. The maximum Gasteiger partial charge on any atom is 0.371 e. The van der Waals surface area contributed by atoms with Gasteiger partial charge >= 0.3 is 5.97 Å². The molecular formula is C9H18O5. The topological polar surface area (TPSA) is 61.8 Å². The summed E-state index contributed by atoms with van der Waals surface area (Å²) in [5.41, 5.74) is 0. The maximum absolute atomic E-state index is 9.59. The van der Waals surface area contributed by atoms with Crippen molar-refractivity contribution in [1.82, 2.24) is 0 Å². The Morgan fingerprint density at radius 3 is 1.86 bits per heavy atom. The van der Waals surface area contributed by atoms with Crippen molar-refractivity contribution in [2.24, 2.45) is 0 Å². The Morgan fingerprint density at radius 1 is 1.29 bits per heavy atom. The fraction of sp³-hybridized carbons (Fsp3) is 0.778. The average Bonchev–Trinajstić information content (AvgIpc) is 2.18.